The average molecular weight is 427 g/mol. The number of likely N-dealkylation sites (tertiary alicyclic amines) is 1. The lowest BCUT2D eigenvalue weighted by Crippen LogP contribution is -2.60. The molecule has 3 amide bonds. The third kappa shape index (κ3) is 5.45. The zero-order valence-electron chi connectivity index (χ0n) is 18.4. The monoisotopic (exact) mass is 426 g/mol. The molecule has 3 fully saturated rings. The van der Waals surface area contributed by atoms with Crippen molar-refractivity contribution in [1.29, 1.82) is 0 Å². The van der Waals surface area contributed by atoms with Crippen LogP contribution >= 0.6 is 0 Å². The van der Waals surface area contributed by atoms with E-state index in [1.165, 1.54) is 25.7 Å². The maximum absolute atomic E-state index is 12.8. The Hall–Kier alpha value is -2.41. The zero-order valence-corrected chi connectivity index (χ0v) is 18.4. The minimum absolute atomic E-state index is 0.0460. The normalized spacial score (nSPS) is 22.8. The van der Waals surface area contributed by atoms with Crippen molar-refractivity contribution in [3.63, 3.8) is 0 Å². The second-order valence-electron chi connectivity index (χ2n) is 9.00. The first kappa shape index (κ1) is 21.8. The molecule has 1 atom stereocenters. The predicted octanol–water partition coefficient (Wildman–Crippen LogP) is 2.02. The molecule has 3 aliphatic rings. The van der Waals surface area contributed by atoms with Gasteiger partial charge in [0, 0.05) is 31.7 Å². The molecule has 1 unspecified atom stereocenters. The minimum Gasteiger partial charge on any atom is -0.351 e. The largest absolute Gasteiger partial charge is 0.351 e. The van der Waals surface area contributed by atoms with Gasteiger partial charge in [-0.15, -0.1) is 0 Å². The standard InChI is InChI=1S/C24H34N4O3/c29-22-18-27(24(31)21-7-3-6-15-28(21)22)17-19-8-10-20(11-9-19)23(30)25-12-16-26-13-4-1-2-5-14-26/h8-11,21H,1-7,12-18H2,(H,25,30). The summed E-state index contributed by atoms with van der Waals surface area (Å²) < 4.78 is 0. The van der Waals surface area contributed by atoms with E-state index >= 15 is 0 Å². The number of carbonyl (C=O) groups is 3. The highest BCUT2D eigenvalue weighted by Gasteiger charge is 2.40. The fourth-order valence-corrected chi connectivity index (χ4v) is 4.93. The van der Waals surface area contributed by atoms with Crippen molar-refractivity contribution in [3.8, 4) is 0 Å². The van der Waals surface area contributed by atoms with Crippen LogP contribution in [0.5, 0.6) is 0 Å². The van der Waals surface area contributed by atoms with Crippen LogP contribution in [0.2, 0.25) is 0 Å². The first-order chi connectivity index (χ1) is 15.1. The van der Waals surface area contributed by atoms with E-state index in [0.717, 1.165) is 44.5 Å². The molecule has 3 heterocycles. The van der Waals surface area contributed by atoms with Crippen LogP contribution in [-0.2, 0) is 16.1 Å². The zero-order chi connectivity index (χ0) is 21.6. The molecule has 168 valence electrons. The summed E-state index contributed by atoms with van der Waals surface area (Å²) in [6.07, 6.45) is 7.86. The van der Waals surface area contributed by atoms with E-state index < -0.39 is 0 Å². The van der Waals surface area contributed by atoms with Gasteiger partial charge in [-0.1, -0.05) is 25.0 Å². The van der Waals surface area contributed by atoms with Gasteiger partial charge < -0.3 is 20.0 Å². The van der Waals surface area contributed by atoms with E-state index in [4.69, 9.17) is 0 Å². The third-order valence-electron chi connectivity index (χ3n) is 6.75. The number of piperidine rings is 1. The molecule has 7 heteroatoms. The summed E-state index contributed by atoms with van der Waals surface area (Å²) in [5, 5.41) is 3.02. The van der Waals surface area contributed by atoms with E-state index in [2.05, 4.69) is 10.2 Å². The summed E-state index contributed by atoms with van der Waals surface area (Å²) in [4.78, 5) is 43.6. The molecule has 0 saturated carbocycles. The Labute approximate surface area is 184 Å². The Morgan fingerprint density at radius 1 is 0.935 bits per heavy atom. The van der Waals surface area contributed by atoms with Gasteiger partial charge in [-0.25, -0.2) is 0 Å². The molecule has 0 radical (unpaired) electrons. The second kappa shape index (κ2) is 10.3. The fraction of sp³-hybridized carbons (Fsp3) is 0.625. The molecule has 31 heavy (non-hydrogen) atoms. The number of nitrogens with one attached hydrogen (secondary N) is 1. The van der Waals surface area contributed by atoms with Crippen LogP contribution in [0, 0.1) is 0 Å². The highest BCUT2D eigenvalue weighted by molar-refractivity contribution is 5.95. The lowest BCUT2D eigenvalue weighted by Gasteiger charge is -2.42. The van der Waals surface area contributed by atoms with E-state index in [0.29, 0.717) is 25.2 Å². The number of nitrogens with zero attached hydrogens (tertiary/aromatic N) is 3. The summed E-state index contributed by atoms with van der Waals surface area (Å²) in [6.45, 7) is 5.06. The van der Waals surface area contributed by atoms with Gasteiger partial charge in [0.25, 0.3) is 5.91 Å². The first-order valence-electron chi connectivity index (χ1n) is 11.8. The van der Waals surface area contributed by atoms with Crippen LogP contribution in [0.4, 0.5) is 0 Å². The molecule has 4 rings (SSSR count). The Morgan fingerprint density at radius 2 is 1.65 bits per heavy atom. The van der Waals surface area contributed by atoms with Gasteiger partial charge in [0.1, 0.15) is 12.6 Å². The number of rotatable bonds is 6. The minimum atomic E-state index is -0.288. The topological polar surface area (TPSA) is 73.0 Å². The Morgan fingerprint density at radius 3 is 2.39 bits per heavy atom. The molecule has 1 aromatic rings. The van der Waals surface area contributed by atoms with Crippen molar-refractivity contribution in [2.75, 3.05) is 39.3 Å². The van der Waals surface area contributed by atoms with E-state index in [-0.39, 0.29) is 30.3 Å². The number of hydrogen-bond acceptors (Lipinski definition) is 4. The molecule has 1 N–H and O–H groups in total. The number of amides is 3. The van der Waals surface area contributed by atoms with Crippen LogP contribution in [0.3, 0.4) is 0 Å². The van der Waals surface area contributed by atoms with Gasteiger partial charge in [0.05, 0.1) is 0 Å². The SMILES string of the molecule is O=C(NCCN1CCCCCC1)c1ccc(CN2CC(=O)N3CCCCC3C2=O)cc1. The fourth-order valence-electron chi connectivity index (χ4n) is 4.93. The molecule has 0 bridgehead atoms. The van der Waals surface area contributed by atoms with Gasteiger partial charge in [-0.05, 0) is 62.9 Å². The van der Waals surface area contributed by atoms with E-state index in [9.17, 15) is 14.4 Å². The highest BCUT2D eigenvalue weighted by Crippen LogP contribution is 2.24. The second-order valence-corrected chi connectivity index (χ2v) is 9.00. The average Bonchev–Trinajstić information content (AvgIpc) is 3.07. The van der Waals surface area contributed by atoms with Crippen LogP contribution in [0.15, 0.2) is 24.3 Å². The van der Waals surface area contributed by atoms with Gasteiger partial charge in [0.15, 0.2) is 0 Å². The molecule has 7 nitrogen and oxygen atoms in total. The number of hydrogen-bond donors (Lipinski definition) is 1. The maximum Gasteiger partial charge on any atom is 0.251 e. The number of benzene rings is 1. The summed E-state index contributed by atoms with van der Waals surface area (Å²) in [5.74, 6) is 0.0304. The highest BCUT2D eigenvalue weighted by atomic mass is 16.2. The van der Waals surface area contributed by atoms with Crippen molar-refractivity contribution in [1.82, 2.24) is 20.0 Å². The van der Waals surface area contributed by atoms with Crippen LogP contribution in [-0.4, -0.2) is 77.7 Å². The van der Waals surface area contributed by atoms with E-state index in [1.807, 2.05) is 12.1 Å². The lowest BCUT2D eigenvalue weighted by molar-refractivity contribution is -0.158. The molecule has 3 aliphatic heterocycles. The van der Waals surface area contributed by atoms with Crippen molar-refractivity contribution < 1.29 is 14.4 Å². The number of piperazine rings is 1. The quantitative estimate of drug-likeness (QED) is 0.755. The van der Waals surface area contributed by atoms with Crippen LogP contribution < -0.4 is 5.32 Å². The smallest absolute Gasteiger partial charge is 0.251 e. The molecule has 0 spiro atoms. The lowest BCUT2D eigenvalue weighted by atomic mass is 9.98. The molecule has 1 aromatic carbocycles. The summed E-state index contributed by atoms with van der Waals surface area (Å²) in [6, 6.07) is 7.09. The Kier molecular flexibility index (Phi) is 7.22. The third-order valence-corrected chi connectivity index (χ3v) is 6.75. The van der Waals surface area contributed by atoms with E-state index in [1.54, 1.807) is 21.9 Å². The molecular weight excluding hydrogens is 392 g/mol. The Bertz CT molecular complexity index is 787. The first-order valence-corrected chi connectivity index (χ1v) is 11.8. The van der Waals surface area contributed by atoms with Crippen molar-refractivity contribution in [3.05, 3.63) is 35.4 Å². The summed E-state index contributed by atoms with van der Waals surface area (Å²) in [7, 11) is 0. The number of fused-ring (bicyclic) bond motifs is 1. The summed E-state index contributed by atoms with van der Waals surface area (Å²) >= 11 is 0. The Balaban J connectivity index is 1.27. The van der Waals surface area contributed by atoms with Crippen molar-refractivity contribution in [2.45, 2.75) is 57.5 Å². The van der Waals surface area contributed by atoms with Crippen LogP contribution in [0.1, 0.15) is 60.9 Å². The van der Waals surface area contributed by atoms with Crippen molar-refractivity contribution in [2.24, 2.45) is 0 Å². The predicted molar refractivity (Wildman–Crippen MR) is 118 cm³/mol. The summed E-state index contributed by atoms with van der Waals surface area (Å²) in [5.41, 5.74) is 1.56. The van der Waals surface area contributed by atoms with Gasteiger partial charge in [0.2, 0.25) is 11.8 Å². The molecule has 0 aromatic heterocycles. The maximum atomic E-state index is 12.8. The van der Waals surface area contributed by atoms with Gasteiger partial charge in [-0.3, -0.25) is 14.4 Å². The van der Waals surface area contributed by atoms with Gasteiger partial charge >= 0.3 is 0 Å². The van der Waals surface area contributed by atoms with Crippen LogP contribution in [0.25, 0.3) is 0 Å². The molecule has 0 aliphatic carbocycles. The molecular formula is C24H34N4O3. The van der Waals surface area contributed by atoms with Crippen molar-refractivity contribution >= 4 is 17.7 Å². The van der Waals surface area contributed by atoms with Gasteiger partial charge in [-0.2, -0.15) is 0 Å². The molecule has 3 saturated heterocycles. The number of carbonyl (C=O) groups excluding carboxylic acids is 3.